The Balaban J connectivity index is 2.17. The fraction of sp³-hybridized carbons (Fsp3) is 0.286. The second-order valence-corrected chi connectivity index (χ2v) is 8.83. The Morgan fingerprint density at radius 2 is 1.75 bits per heavy atom. The topological polar surface area (TPSA) is 56.5 Å². The van der Waals surface area contributed by atoms with Crippen LogP contribution in [0.3, 0.4) is 0 Å². The molecule has 0 spiro atoms. The molecule has 0 bridgehead atoms. The standard InChI is InChI=1S/C21H21Br2N3O2/c1-12(2)20-25-18-7-5-16(23)10-17(18)21(27)26(20)24-11-14-9-15(22)6-8-19(14)28-13(3)4/h5-13H,1-4H3. The predicted molar refractivity (Wildman–Crippen MR) is 121 cm³/mol. The van der Waals surface area contributed by atoms with Crippen molar-refractivity contribution in [2.45, 2.75) is 39.7 Å². The normalized spacial score (nSPS) is 11.9. The van der Waals surface area contributed by atoms with Crippen molar-refractivity contribution in [1.82, 2.24) is 9.66 Å². The summed E-state index contributed by atoms with van der Waals surface area (Å²) in [5.41, 5.74) is 1.24. The number of nitrogens with zero attached hydrogens (tertiary/aromatic N) is 3. The molecule has 7 heteroatoms. The number of fused-ring (bicyclic) bond motifs is 1. The molecule has 0 saturated heterocycles. The molecular weight excluding hydrogens is 486 g/mol. The third kappa shape index (κ3) is 4.52. The van der Waals surface area contributed by atoms with Gasteiger partial charge in [-0.25, -0.2) is 4.98 Å². The lowest BCUT2D eigenvalue weighted by Crippen LogP contribution is -2.23. The van der Waals surface area contributed by atoms with Gasteiger partial charge in [0.25, 0.3) is 5.56 Å². The van der Waals surface area contributed by atoms with E-state index in [1.54, 1.807) is 12.3 Å². The van der Waals surface area contributed by atoms with Crippen molar-refractivity contribution in [3.63, 3.8) is 0 Å². The van der Waals surface area contributed by atoms with Gasteiger partial charge < -0.3 is 4.74 Å². The average molecular weight is 507 g/mol. The van der Waals surface area contributed by atoms with Crippen LogP contribution in [0.5, 0.6) is 5.75 Å². The third-order valence-electron chi connectivity index (χ3n) is 4.00. The summed E-state index contributed by atoms with van der Waals surface area (Å²) in [6, 6.07) is 11.2. The molecule has 0 amide bonds. The lowest BCUT2D eigenvalue weighted by Gasteiger charge is -2.14. The molecule has 0 radical (unpaired) electrons. The number of hydrogen-bond donors (Lipinski definition) is 0. The number of halogens is 2. The molecular formula is C21H21Br2N3O2. The van der Waals surface area contributed by atoms with E-state index in [0.29, 0.717) is 22.5 Å². The SMILES string of the molecule is CC(C)Oc1ccc(Br)cc1C=Nn1c(C(C)C)nc2ccc(Br)cc2c1=O. The highest BCUT2D eigenvalue weighted by atomic mass is 79.9. The Bertz CT molecular complexity index is 1100. The molecule has 3 aromatic rings. The van der Waals surface area contributed by atoms with Crippen molar-refractivity contribution < 1.29 is 4.74 Å². The average Bonchev–Trinajstić information content (AvgIpc) is 2.62. The van der Waals surface area contributed by atoms with Crippen LogP contribution < -0.4 is 10.3 Å². The van der Waals surface area contributed by atoms with Crippen molar-refractivity contribution in [1.29, 1.82) is 0 Å². The van der Waals surface area contributed by atoms with Gasteiger partial charge in [-0.1, -0.05) is 45.7 Å². The zero-order valence-electron chi connectivity index (χ0n) is 16.1. The van der Waals surface area contributed by atoms with Crippen molar-refractivity contribution in [3.05, 3.63) is 67.1 Å². The first-order valence-corrected chi connectivity index (χ1v) is 10.6. The van der Waals surface area contributed by atoms with E-state index in [2.05, 4.69) is 41.9 Å². The quantitative estimate of drug-likeness (QED) is 0.416. The summed E-state index contributed by atoms with van der Waals surface area (Å²) in [5, 5.41) is 5.00. The molecule has 3 rings (SSSR count). The summed E-state index contributed by atoms with van der Waals surface area (Å²) >= 11 is 6.90. The molecule has 0 atom stereocenters. The van der Waals surface area contributed by atoms with Crippen LogP contribution in [0.15, 0.2) is 55.2 Å². The van der Waals surface area contributed by atoms with E-state index in [0.717, 1.165) is 14.5 Å². The molecule has 0 aliphatic rings. The van der Waals surface area contributed by atoms with Gasteiger partial charge in [-0.2, -0.15) is 9.78 Å². The zero-order chi connectivity index (χ0) is 20.4. The first-order valence-electron chi connectivity index (χ1n) is 8.99. The lowest BCUT2D eigenvalue weighted by molar-refractivity contribution is 0.242. The van der Waals surface area contributed by atoms with Crippen LogP contribution in [0, 0.1) is 0 Å². The first kappa shape index (κ1) is 20.7. The summed E-state index contributed by atoms with van der Waals surface area (Å²) in [6.07, 6.45) is 1.67. The molecule has 146 valence electrons. The molecule has 0 fully saturated rings. The minimum Gasteiger partial charge on any atom is -0.490 e. The summed E-state index contributed by atoms with van der Waals surface area (Å²) < 4.78 is 8.97. The van der Waals surface area contributed by atoms with Gasteiger partial charge in [-0.15, -0.1) is 0 Å². The number of ether oxygens (including phenoxy) is 1. The maximum Gasteiger partial charge on any atom is 0.282 e. The predicted octanol–water partition coefficient (Wildman–Crippen LogP) is 5.71. The lowest BCUT2D eigenvalue weighted by atomic mass is 10.2. The van der Waals surface area contributed by atoms with Crippen molar-refractivity contribution in [3.8, 4) is 5.75 Å². The molecule has 1 heterocycles. The van der Waals surface area contributed by atoms with E-state index in [9.17, 15) is 4.79 Å². The molecule has 0 aliphatic carbocycles. The maximum atomic E-state index is 13.1. The minimum atomic E-state index is -0.201. The van der Waals surface area contributed by atoms with Crippen LogP contribution in [-0.4, -0.2) is 22.0 Å². The monoisotopic (exact) mass is 505 g/mol. The van der Waals surface area contributed by atoms with Gasteiger partial charge in [0, 0.05) is 20.4 Å². The summed E-state index contributed by atoms with van der Waals surface area (Å²) in [7, 11) is 0. The van der Waals surface area contributed by atoms with Gasteiger partial charge in [-0.05, 0) is 50.2 Å². The van der Waals surface area contributed by atoms with Crippen LogP contribution in [0.25, 0.3) is 10.9 Å². The van der Waals surface area contributed by atoms with Gasteiger partial charge >= 0.3 is 0 Å². The first-order chi connectivity index (χ1) is 13.3. The molecule has 28 heavy (non-hydrogen) atoms. The number of rotatable bonds is 5. The molecule has 0 saturated carbocycles. The van der Waals surface area contributed by atoms with E-state index in [1.807, 2.05) is 58.0 Å². The second kappa shape index (κ2) is 8.57. The third-order valence-corrected chi connectivity index (χ3v) is 4.98. The Morgan fingerprint density at radius 3 is 2.43 bits per heavy atom. The summed E-state index contributed by atoms with van der Waals surface area (Å²) in [6.45, 7) is 7.92. The van der Waals surface area contributed by atoms with E-state index in [-0.39, 0.29) is 17.6 Å². The Hall–Kier alpha value is -1.99. The van der Waals surface area contributed by atoms with Crippen LogP contribution in [0.2, 0.25) is 0 Å². The van der Waals surface area contributed by atoms with E-state index in [1.165, 1.54) is 4.68 Å². The second-order valence-electron chi connectivity index (χ2n) is 7.00. The highest BCUT2D eigenvalue weighted by Gasteiger charge is 2.14. The van der Waals surface area contributed by atoms with Gasteiger partial charge in [0.15, 0.2) is 0 Å². The van der Waals surface area contributed by atoms with Crippen LogP contribution >= 0.6 is 31.9 Å². The minimum absolute atomic E-state index is 0.0296. The van der Waals surface area contributed by atoms with Gasteiger partial charge in [0.2, 0.25) is 0 Å². The Morgan fingerprint density at radius 1 is 1.07 bits per heavy atom. The van der Waals surface area contributed by atoms with Crippen molar-refractivity contribution >= 4 is 49.0 Å². The van der Waals surface area contributed by atoms with Crippen LogP contribution in [-0.2, 0) is 0 Å². The van der Waals surface area contributed by atoms with E-state index in [4.69, 9.17) is 4.74 Å². The Labute approximate surface area is 180 Å². The number of benzene rings is 2. The zero-order valence-corrected chi connectivity index (χ0v) is 19.3. The fourth-order valence-electron chi connectivity index (χ4n) is 2.75. The van der Waals surface area contributed by atoms with Gasteiger partial charge in [0.05, 0.1) is 23.2 Å². The Kier molecular flexibility index (Phi) is 6.35. The molecule has 0 N–H and O–H groups in total. The number of aromatic nitrogens is 2. The van der Waals surface area contributed by atoms with E-state index < -0.39 is 0 Å². The molecule has 1 aromatic heterocycles. The highest BCUT2D eigenvalue weighted by molar-refractivity contribution is 9.10. The highest BCUT2D eigenvalue weighted by Crippen LogP contribution is 2.23. The summed E-state index contributed by atoms with van der Waals surface area (Å²) in [5.74, 6) is 1.35. The largest absolute Gasteiger partial charge is 0.490 e. The van der Waals surface area contributed by atoms with Crippen molar-refractivity contribution in [2.75, 3.05) is 0 Å². The van der Waals surface area contributed by atoms with Crippen LogP contribution in [0.1, 0.15) is 45.0 Å². The smallest absolute Gasteiger partial charge is 0.282 e. The van der Waals surface area contributed by atoms with Crippen LogP contribution in [0.4, 0.5) is 0 Å². The maximum absolute atomic E-state index is 13.1. The molecule has 5 nitrogen and oxygen atoms in total. The molecule has 0 aliphatic heterocycles. The van der Waals surface area contributed by atoms with Crippen molar-refractivity contribution in [2.24, 2.45) is 5.10 Å². The fourth-order valence-corrected chi connectivity index (χ4v) is 3.49. The van der Waals surface area contributed by atoms with Gasteiger partial charge in [-0.3, -0.25) is 4.79 Å². The van der Waals surface area contributed by atoms with E-state index >= 15 is 0 Å². The molecule has 2 aromatic carbocycles. The number of hydrogen-bond acceptors (Lipinski definition) is 4. The molecule has 0 unspecified atom stereocenters. The summed E-state index contributed by atoms with van der Waals surface area (Å²) in [4.78, 5) is 17.8. The van der Waals surface area contributed by atoms with Gasteiger partial charge in [0.1, 0.15) is 11.6 Å².